The largest absolute Gasteiger partial charge is 0.460 e. The van der Waals surface area contributed by atoms with Gasteiger partial charge in [0.15, 0.2) is 5.16 Å². The molecule has 0 saturated heterocycles. The van der Waals surface area contributed by atoms with Gasteiger partial charge in [0.25, 0.3) is 5.56 Å². The summed E-state index contributed by atoms with van der Waals surface area (Å²) in [6, 6.07) is 3.84. The van der Waals surface area contributed by atoms with Gasteiger partial charge >= 0.3 is 5.97 Å². The molecular formula is C19H23N3O3S2. The number of carbonyl (C=O) groups is 1. The van der Waals surface area contributed by atoms with Gasteiger partial charge in [0.1, 0.15) is 5.82 Å². The maximum absolute atomic E-state index is 12.9. The molecule has 0 radical (unpaired) electrons. The molecule has 0 fully saturated rings. The van der Waals surface area contributed by atoms with Crippen molar-refractivity contribution in [2.45, 2.75) is 51.3 Å². The first kappa shape index (κ1) is 19.7. The number of H-pyrrole nitrogens is 1. The van der Waals surface area contributed by atoms with E-state index in [0.29, 0.717) is 27.8 Å². The molecule has 0 aliphatic carbocycles. The summed E-state index contributed by atoms with van der Waals surface area (Å²) >= 11 is 3.02. The van der Waals surface area contributed by atoms with Gasteiger partial charge in [0.05, 0.1) is 23.2 Å². The Hall–Kier alpha value is -2.06. The zero-order chi connectivity index (χ0) is 19.6. The molecule has 0 amide bonds. The summed E-state index contributed by atoms with van der Waals surface area (Å²) in [7, 11) is 0. The summed E-state index contributed by atoms with van der Waals surface area (Å²) in [6.45, 7) is 7.52. The van der Waals surface area contributed by atoms with Crippen LogP contribution in [0.1, 0.15) is 50.5 Å². The van der Waals surface area contributed by atoms with Crippen molar-refractivity contribution in [3.8, 4) is 0 Å². The fourth-order valence-corrected chi connectivity index (χ4v) is 4.55. The molecular weight excluding hydrogens is 382 g/mol. The normalized spacial score (nSPS) is 16.3. The molecule has 2 aromatic rings. The van der Waals surface area contributed by atoms with Crippen molar-refractivity contribution < 1.29 is 9.53 Å². The number of thiophene rings is 1. The van der Waals surface area contributed by atoms with E-state index in [4.69, 9.17) is 4.74 Å². The molecule has 0 unspecified atom stereocenters. The Bertz CT molecular complexity index is 917. The van der Waals surface area contributed by atoms with Gasteiger partial charge in [0, 0.05) is 16.3 Å². The topological polar surface area (TPSA) is 84.1 Å². The minimum Gasteiger partial charge on any atom is -0.460 e. The lowest BCUT2D eigenvalue weighted by Gasteiger charge is -2.28. The van der Waals surface area contributed by atoms with E-state index < -0.39 is 11.9 Å². The van der Waals surface area contributed by atoms with Crippen LogP contribution in [-0.4, -0.2) is 27.8 Å². The van der Waals surface area contributed by atoms with E-state index in [9.17, 15) is 9.59 Å². The number of carbonyl (C=O) groups excluding carboxylic acids is 1. The van der Waals surface area contributed by atoms with Crippen LogP contribution in [0.2, 0.25) is 0 Å². The minimum atomic E-state index is -0.492. The average molecular weight is 406 g/mol. The standard InChI is InChI=1S/C19H23N3O3S2/c1-5-8-27-19-21-16-15(17(23)22-19)14(12-7-6-9-26-12)13(11(4)20-16)18(24)25-10(2)3/h6-7,9-10,14H,5,8H2,1-4H3,(H2,20,21,22,23)/t14-/m0/s1. The third-order valence-electron chi connectivity index (χ3n) is 4.05. The van der Waals surface area contributed by atoms with E-state index in [2.05, 4.69) is 22.2 Å². The van der Waals surface area contributed by atoms with E-state index in [1.165, 1.54) is 23.1 Å². The quantitative estimate of drug-likeness (QED) is 0.427. The van der Waals surface area contributed by atoms with E-state index in [0.717, 1.165) is 17.1 Å². The predicted molar refractivity (Wildman–Crippen MR) is 110 cm³/mol. The molecule has 144 valence electrons. The number of nitrogens with one attached hydrogen (secondary N) is 2. The maximum atomic E-state index is 12.9. The number of rotatable bonds is 6. The molecule has 3 heterocycles. The number of allylic oxidation sites excluding steroid dienone is 1. The second kappa shape index (κ2) is 8.31. The van der Waals surface area contributed by atoms with Crippen molar-refractivity contribution in [3.63, 3.8) is 0 Å². The molecule has 2 aromatic heterocycles. The minimum absolute atomic E-state index is 0.230. The van der Waals surface area contributed by atoms with Crippen LogP contribution in [0.5, 0.6) is 0 Å². The first-order valence-corrected chi connectivity index (χ1v) is 10.8. The van der Waals surface area contributed by atoms with Crippen molar-refractivity contribution in [1.82, 2.24) is 9.97 Å². The lowest BCUT2D eigenvalue weighted by atomic mass is 9.86. The third-order valence-corrected chi connectivity index (χ3v) is 6.07. The zero-order valence-electron chi connectivity index (χ0n) is 15.8. The summed E-state index contributed by atoms with van der Waals surface area (Å²) in [4.78, 5) is 34.1. The molecule has 1 aliphatic rings. The van der Waals surface area contributed by atoms with Crippen molar-refractivity contribution >= 4 is 34.9 Å². The predicted octanol–water partition coefficient (Wildman–Crippen LogP) is 4.12. The summed E-state index contributed by atoms with van der Waals surface area (Å²) < 4.78 is 5.45. The van der Waals surface area contributed by atoms with Crippen LogP contribution in [0.4, 0.5) is 5.82 Å². The van der Waals surface area contributed by atoms with Crippen LogP contribution >= 0.6 is 23.1 Å². The van der Waals surface area contributed by atoms with E-state index in [1.807, 2.05) is 38.3 Å². The van der Waals surface area contributed by atoms with Gasteiger partial charge in [-0.2, -0.15) is 0 Å². The van der Waals surface area contributed by atoms with Crippen LogP contribution in [0, 0.1) is 0 Å². The number of anilines is 1. The molecule has 0 spiro atoms. The molecule has 8 heteroatoms. The number of hydrogen-bond acceptors (Lipinski definition) is 7. The number of aromatic nitrogens is 2. The molecule has 27 heavy (non-hydrogen) atoms. The number of hydrogen-bond donors (Lipinski definition) is 2. The Labute approximate surface area is 166 Å². The maximum Gasteiger partial charge on any atom is 0.337 e. The lowest BCUT2D eigenvalue weighted by Crippen LogP contribution is -2.31. The molecule has 1 atom stereocenters. The number of esters is 1. The first-order chi connectivity index (χ1) is 12.9. The molecule has 0 saturated carbocycles. The summed E-state index contributed by atoms with van der Waals surface area (Å²) in [6.07, 6.45) is 0.744. The van der Waals surface area contributed by atoms with Crippen LogP contribution in [-0.2, 0) is 9.53 Å². The summed E-state index contributed by atoms with van der Waals surface area (Å²) in [5.41, 5.74) is 1.35. The first-order valence-electron chi connectivity index (χ1n) is 8.91. The van der Waals surface area contributed by atoms with Gasteiger partial charge in [-0.25, -0.2) is 9.78 Å². The number of aromatic amines is 1. The number of fused-ring (bicyclic) bond motifs is 1. The molecule has 0 bridgehead atoms. The number of nitrogens with zero attached hydrogens (tertiary/aromatic N) is 1. The smallest absolute Gasteiger partial charge is 0.337 e. The monoisotopic (exact) mass is 405 g/mol. The Morgan fingerprint density at radius 2 is 2.22 bits per heavy atom. The van der Waals surface area contributed by atoms with Crippen LogP contribution in [0.3, 0.4) is 0 Å². The van der Waals surface area contributed by atoms with Crippen molar-refractivity contribution in [2.24, 2.45) is 0 Å². The second-order valence-electron chi connectivity index (χ2n) is 6.55. The van der Waals surface area contributed by atoms with Crippen molar-refractivity contribution in [1.29, 1.82) is 0 Å². The van der Waals surface area contributed by atoms with Gasteiger partial charge in [-0.15, -0.1) is 11.3 Å². The molecule has 6 nitrogen and oxygen atoms in total. The highest BCUT2D eigenvalue weighted by Crippen LogP contribution is 2.41. The van der Waals surface area contributed by atoms with Gasteiger partial charge in [0.2, 0.25) is 0 Å². The summed E-state index contributed by atoms with van der Waals surface area (Å²) in [5.74, 6) is 0.475. The SMILES string of the molecule is CCCSc1nc2c(c(=O)[nH]1)[C@@H](c1cccs1)C(C(=O)OC(C)C)=C(C)N2. The van der Waals surface area contributed by atoms with Crippen LogP contribution in [0.15, 0.2) is 38.7 Å². The van der Waals surface area contributed by atoms with E-state index in [1.54, 1.807) is 0 Å². The second-order valence-corrected chi connectivity index (χ2v) is 8.61. The highest BCUT2D eigenvalue weighted by Gasteiger charge is 2.37. The summed E-state index contributed by atoms with van der Waals surface area (Å²) in [5, 5.41) is 5.67. The van der Waals surface area contributed by atoms with Gasteiger partial charge in [-0.3, -0.25) is 4.79 Å². The van der Waals surface area contributed by atoms with Crippen molar-refractivity contribution in [2.75, 3.05) is 11.1 Å². The van der Waals surface area contributed by atoms with E-state index in [-0.39, 0.29) is 11.7 Å². The Morgan fingerprint density at radius 1 is 1.44 bits per heavy atom. The Morgan fingerprint density at radius 3 is 2.85 bits per heavy atom. The molecule has 2 N–H and O–H groups in total. The Balaban J connectivity index is 2.13. The average Bonchev–Trinajstić information content (AvgIpc) is 3.12. The van der Waals surface area contributed by atoms with Crippen LogP contribution < -0.4 is 10.9 Å². The highest BCUT2D eigenvalue weighted by molar-refractivity contribution is 7.99. The van der Waals surface area contributed by atoms with Gasteiger partial charge < -0.3 is 15.0 Å². The molecule has 0 aromatic carbocycles. The zero-order valence-corrected chi connectivity index (χ0v) is 17.4. The van der Waals surface area contributed by atoms with Gasteiger partial charge in [-0.05, 0) is 38.6 Å². The van der Waals surface area contributed by atoms with E-state index >= 15 is 0 Å². The molecule has 1 aliphatic heterocycles. The Kier molecular flexibility index (Phi) is 6.06. The fraction of sp³-hybridized carbons (Fsp3) is 0.421. The van der Waals surface area contributed by atoms with Gasteiger partial charge in [-0.1, -0.05) is 24.8 Å². The molecule has 3 rings (SSSR count). The van der Waals surface area contributed by atoms with Crippen molar-refractivity contribution in [3.05, 3.63) is 49.6 Å². The number of thioether (sulfide) groups is 1. The third kappa shape index (κ3) is 4.11. The fourth-order valence-electron chi connectivity index (χ4n) is 2.99. The lowest BCUT2D eigenvalue weighted by molar-refractivity contribution is -0.142. The van der Waals surface area contributed by atoms with Crippen LogP contribution in [0.25, 0.3) is 0 Å². The highest BCUT2D eigenvalue weighted by atomic mass is 32.2. The number of ether oxygens (including phenoxy) is 1.